The number of aromatic nitrogens is 3. The first kappa shape index (κ1) is 21.8. The van der Waals surface area contributed by atoms with Crippen LogP contribution in [0.1, 0.15) is 11.6 Å². The van der Waals surface area contributed by atoms with Crippen LogP contribution in [-0.4, -0.2) is 51.2 Å². The molecule has 0 spiro atoms. The van der Waals surface area contributed by atoms with Gasteiger partial charge < -0.3 is 14.1 Å². The molecule has 30 heavy (non-hydrogen) atoms. The first-order chi connectivity index (χ1) is 14.3. The van der Waals surface area contributed by atoms with E-state index < -0.39 is 18.6 Å². The van der Waals surface area contributed by atoms with Crippen molar-refractivity contribution in [1.29, 1.82) is 0 Å². The van der Waals surface area contributed by atoms with E-state index in [0.29, 0.717) is 21.6 Å². The lowest BCUT2D eigenvalue weighted by Gasteiger charge is -2.22. The van der Waals surface area contributed by atoms with Gasteiger partial charge in [-0.15, -0.1) is 10.2 Å². The molecule has 3 rings (SSSR count). The molecule has 0 radical (unpaired) electrons. The van der Waals surface area contributed by atoms with Gasteiger partial charge in [0.25, 0.3) is 0 Å². The van der Waals surface area contributed by atoms with E-state index in [2.05, 4.69) is 10.2 Å². The summed E-state index contributed by atoms with van der Waals surface area (Å²) in [7, 11) is 1.54. The number of methoxy groups -OCH3 is 1. The average Bonchev–Trinajstić information content (AvgIpc) is 3.34. The van der Waals surface area contributed by atoms with Gasteiger partial charge in [0.2, 0.25) is 5.91 Å². The lowest BCUT2D eigenvalue weighted by atomic mass is 10.3. The fourth-order valence-electron chi connectivity index (χ4n) is 2.74. The SMILES string of the molecule is COc1cccc(-n2c(C)nnc2SCC(=O)N(Cc2ccco2)CC(F)(F)F)c1. The standard InChI is InChI=1S/C19H19F3N4O3S/c1-13-23-24-18(26(13)14-5-3-6-15(9-14)28-2)30-11-17(27)25(12-19(20,21)22)10-16-7-4-8-29-16/h3-9H,10-12H2,1-2H3. The van der Waals surface area contributed by atoms with Crippen molar-refractivity contribution < 1.29 is 27.1 Å². The van der Waals surface area contributed by atoms with Crippen LogP contribution in [0.5, 0.6) is 5.75 Å². The van der Waals surface area contributed by atoms with Gasteiger partial charge in [-0.25, -0.2) is 0 Å². The summed E-state index contributed by atoms with van der Waals surface area (Å²) in [5, 5.41) is 8.46. The monoisotopic (exact) mass is 440 g/mol. The molecule has 0 fully saturated rings. The Morgan fingerprint density at radius 1 is 1.27 bits per heavy atom. The van der Waals surface area contributed by atoms with Gasteiger partial charge in [-0.3, -0.25) is 9.36 Å². The van der Waals surface area contributed by atoms with Crippen molar-refractivity contribution in [1.82, 2.24) is 19.7 Å². The smallest absolute Gasteiger partial charge is 0.406 e. The number of alkyl halides is 3. The number of halogens is 3. The predicted molar refractivity (Wildman–Crippen MR) is 104 cm³/mol. The van der Waals surface area contributed by atoms with E-state index in [-0.39, 0.29) is 18.1 Å². The van der Waals surface area contributed by atoms with Crippen molar-refractivity contribution in [3.8, 4) is 11.4 Å². The van der Waals surface area contributed by atoms with Crippen LogP contribution >= 0.6 is 11.8 Å². The maximum absolute atomic E-state index is 12.9. The lowest BCUT2D eigenvalue weighted by Crippen LogP contribution is -2.39. The zero-order chi connectivity index (χ0) is 21.7. The van der Waals surface area contributed by atoms with Crippen LogP contribution in [0.25, 0.3) is 5.69 Å². The number of hydrogen-bond donors (Lipinski definition) is 0. The Kier molecular flexibility index (Phi) is 6.70. The molecule has 11 heteroatoms. The first-order valence-corrected chi connectivity index (χ1v) is 9.81. The summed E-state index contributed by atoms with van der Waals surface area (Å²) >= 11 is 1.01. The minimum absolute atomic E-state index is 0.237. The quantitative estimate of drug-likeness (QED) is 0.496. The molecule has 2 aromatic heterocycles. The van der Waals surface area contributed by atoms with Crippen molar-refractivity contribution in [3.63, 3.8) is 0 Å². The molecular weight excluding hydrogens is 421 g/mol. The molecule has 1 aromatic carbocycles. The molecule has 2 heterocycles. The number of ether oxygens (including phenoxy) is 1. The number of carbonyl (C=O) groups excluding carboxylic acids is 1. The van der Waals surface area contributed by atoms with E-state index in [9.17, 15) is 18.0 Å². The Bertz CT molecular complexity index is 989. The van der Waals surface area contributed by atoms with E-state index in [0.717, 1.165) is 17.4 Å². The maximum Gasteiger partial charge on any atom is 0.406 e. The van der Waals surface area contributed by atoms with E-state index in [1.807, 2.05) is 6.07 Å². The Labute approximate surface area is 174 Å². The Balaban J connectivity index is 1.75. The minimum atomic E-state index is -4.52. The largest absolute Gasteiger partial charge is 0.497 e. The summed E-state index contributed by atoms with van der Waals surface area (Å²) in [6, 6.07) is 10.2. The van der Waals surface area contributed by atoms with Crippen molar-refractivity contribution in [2.45, 2.75) is 24.8 Å². The molecule has 0 aliphatic carbocycles. The number of furan rings is 1. The van der Waals surface area contributed by atoms with E-state index in [4.69, 9.17) is 9.15 Å². The van der Waals surface area contributed by atoms with Gasteiger partial charge in [0.1, 0.15) is 23.9 Å². The maximum atomic E-state index is 12.9. The van der Waals surface area contributed by atoms with Gasteiger partial charge in [0, 0.05) is 6.07 Å². The third-order valence-electron chi connectivity index (χ3n) is 4.08. The number of amides is 1. The van der Waals surface area contributed by atoms with Crippen LogP contribution in [0.15, 0.2) is 52.2 Å². The summed E-state index contributed by atoms with van der Waals surface area (Å²) in [5.41, 5.74) is 0.717. The van der Waals surface area contributed by atoms with Gasteiger partial charge in [0.15, 0.2) is 5.16 Å². The average molecular weight is 440 g/mol. The Hall–Kier alpha value is -2.95. The highest BCUT2D eigenvalue weighted by molar-refractivity contribution is 7.99. The highest BCUT2D eigenvalue weighted by Gasteiger charge is 2.33. The van der Waals surface area contributed by atoms with Crippen LogP contribution in [0.2, 0.25) is 0 Å². The second kappa shape index (κ2) is 9.24. The summed E-state index contributed by atoms with van der Waals surface area (Å²) in [6.45, 7) is 0.105. The summed E-state index contributed by atoms with van der Waals surface area (Å²) in [5.74, 6) is 0.543. The van der Waals surface area contributed by atoms with E-state index in [1.165, 1.54) is 12.3 Å². The van der Waals surface area contributed by atoms with Crippen LogP contribution < -0.4 is 4.74 Å². The molecule has 0 saturated carbocycles. The van der Waals surface area contributed by atoms with Gasteiger partial charge in [-0.1, -0.05) is 17.8 Å². The molecule has 7 nitrogen and oxygen atoms in total. The normalized spacial score (nSPS) is 11.5. The zero-order valence-corrected chi connectivity index (χ0v) is 17.0. The number of rotatable bonds is 8. The molecule has 0 unspecified atom stereocenters. The van der Waals surface area contributed by atoms with E-state index >= 15 is 0 Å². The molecular formula is C19H19F3N4O3S. The number of aryl methyl sites for hydroxylation is 1. The first-order valence-electron chi connectivity index (χ1n) is 8.83. The van der Waals surface area contributed by atoms with Crippen LogP contribution in [0, 0.1) is 6.92 Å². The van der Waals surface area contributed by atoms with Crippen LogP contribution in [0.4, 0.5) is 13.2 Å². The molecule has 0 aliphatic rings. The highest BCUT2D eigenvalue weighted by atomic mass is 32.2. The molecule has 0 bridgehead atoms. The molecule has 0 N–H and O–H groups in total. The number of benzene rings is 1. The number of nitrogens with zero attached hydrogens (tertiary/aromatic N) is 4. The van der Waals surface area contributed by atoms with Crippen molar-refractivity contribution in [3.05, 3.63) is 54.2 Å². The van der Waals surface area contributed by atoms with Crippen molar-refractivity contribution in [2.75, 3.05) is 19.4 Å². The van der Waals surface area contributed by atoms with Crippen LogP contribution in [-0.2, 0) is 11.3 Å². The third-order valence-corrected chi connectivity index (χ3v) is 4.99. The molecule has 1 amide bonds. The zero-order valence-electron chi connectivity index (χ0n) is 16.2. The summed E-state index contributed by atoms with van der Waals surface area (Å²) in [6.07, 6.45) is -3.18. The predicted octanol–water partition coefficient (Wildman–Crippen LogP) is 3.86. The van der Waals surface area contributed by atoms with Crippen LogP contribution in [0.3, 0.4) is 0 Å². The fraction of sp³-hybridized carbons (Fsp3) is 0.316. The summed E-state index contributed by atoms with van der Waals surface area (Å²) < 4.78 is 50.9. The Morgan fingerprint density at radius 3 is 2.73 bits per heavy atom. The van der Waals surface area contributed by atoms with E-state index in [1.54, 1.807) is 42.9 Å². The fourth-order valence-corrected chi connectivity index (χ4v) is 3.64. The second-order valence-corrected chi connectivity index (χ2v) is 7.24. The molecule has 0 aliphatic heterocycles. The Morgan fingerprint density at radius 2 is 2.07 bits per heavy atom. The van der Waals surface area contributed by atoms with Gasteiger partial charge in [-0.2, -0.15) is 13.2 Å². The lowest BCUT2D eigenvalue weighted by molar-refractivity contribution is -0.161. The summed E-state index contributed by atoms with van der Waals surface area (Å²) in [4.78, 5) is 13.3. The number of carbonyl (C=O) groups is 1. The van der Waals surface area contributed by atoms with Crippen molar-refractivity contribution >= 4 is 17.7 Å². The molecule has 3 aromatic rings. The number of hydrogen-bond acceptors (Lipinski definition) is 6. The van der Waals surface area contributed by atoms with Gasteiger partial charge in [-0.05, 0) is 31.2 Å². The molecule has 0 saturated heterocycles. The third kappa shape index (κ3) is 5.56. The topological polar surface area (TPSA) is 73.4 Å². The molecule has 160 valence electrons. The highest BCUT2D eigenvalue weighted by Crippen LogP contribution is 2.25. The molecule has 0 atom stereocenters. The van der Waals surface area contributed by atoms with Gasteiger partial charge in [0.05, 0.1) is 31.4 Å². The number of thioether (sulfide) groups is 1. The minimum Gasteiger partial charge on any atom is -0.497 e. The van der Waals surface area contributed by atoms with Gasteiger partial charge >= 0.3 is 6.18 Å². The van der Waals surface area contributed by atoms with Crippen molar-refractivity contribution in [2.24, 2.45) is 0 Å². The second-order valence-electron chi connectivity index (χ2n) is 6.30.